The predicted molar refractivity (Wildman–Crippen MR) is 395 cm³/mol. The van der Waals surface area contributed by atoms with Crippen molar-refractivity contribution < 1.29 is 80.2 Å². The van der Waals surface area contributed by atoms with Crippen LogP contribution in [0.5, 0.6) is 0 Å². The molecule has 0 amide bonds. The monoisotopic (exact) mass is 1420 g/mol. The minimum Gasteiger partial charge on any atom is -0.462 e. The van der Waals surface area contributed by atoms with Gasteiger partial charge in [-0.1, -0.05) is 356 Å². The van der Waals surface area contributed by atoms with E-state index >= 15 is 0 Å². The van der Waals surface area contributed by atoms with Crippen LogP contribution in [-0.2, 0) is 65.4 Å². The van der Waals surface area contributed by atoms with Gasteiger partial charge in [0.15, 0.2) is 12.2 Å². The Kier molecular flexibility index (Phi) is 68.4. The first-order chi connectivity index (χ1) is 46.9. The van der Waals surface area contributed by atoms with Crippen LogP contribution in [0.2, 0.25) is 0 Å². The molecule has 4 unspecified atom stereocenters. The molecule has 576 valence electrons. The van der Waals surface area contributed by atoms with Gasteiger partial charge in [-0.15, -0.1) is 0 Å². The van der Waals surface area contributed by atoms with E-state index in [0.29, 0.717) is 25.7 Å². The predicted octanol–water partition coefficient (Wildman–Crippen LogP) is 23.1. The van der Waals surface area contributed by atoms with Crippen molar-refractivity contribution in [2.24, 2.45) is 11.8 Å². The molecule has 0 saturated carbocycles. The third-order valence-electron chi connectivity index (χ3n) is 18.9. The smallest absolute Gasteiger partial charge is 0.462 e. The number of ether oxygens (including phenoxy) is 4. The molecule has 0 aromatic carbocycles. The molecule has 0 aliphatic heterocycles. The van der Waals surface area contributed by atoms with Crippen molar-refractivity contribution in [3.8, 4) is 0 Å². The lowest BCUT2D eigenvalue weighted by molar-refractivity contribution is -0.161. The summed E-state index contributed by atoms with van der Waals surface area (Å²) >= 11 is 0. The van der Waals surface area contributed by atoms with Gasteiger partial charge in [-0.2, -0.15) is 0 Å². The number of phosphoric ester groups is 2. The van der Waals surface area contributed by atoms with Crippen molar-refractivity contribution in [2.75, 3.05) is 39.6 Å². The number of carbonyl (C=O) groups excluding carboxylic acids is 4. The number of carbonyl (C=O) groups is 4. The van der Waals surface area contributed by atoms with Crippen molar-refractivity contribution in [3.63, 3.8) is 0 Å². The Morgan fingerprint density at radius 3 is 0.732 bits per heavy atom. The Bertz CT molecular complexity index is 1880. The maximum atomic E-state index is 13.1. The minimum absolute atomic E-state index is 0.107. The largest absolute Gasteiger partial charge is 0.472 e. The summed E-state index contributed by atoms with van der Waals surface area (Å²) in [5.41, 5.74) is 0. The fourth-order valence-electron chi connectivity index (χ4n) is 11.9. The highest BCUT2D eigenvalue weighted by atomic mass is 31.2. The van der Waals surface area contributed by atoms with Gasteiger partial charge in [0.2, 0.25) is 0 Å². The van der Waals surface area contributed by atoms with E-state index in [0.717, 1.165) is 102 Å². The molecule has 0 aliphatic carbocycles. The summed E-state index contributed by atoms with van der Waals surface area (Å²) in [7, 11) is -9.92. The lowest BCUT2D eigenvalue weighted by Gasteiger charge is -2.21. The molecule has 0 spiro atoms. The number of esters is 4. The Labute approximate surface area is 594 Å². The Morgan fingerprint density at radius 2 is 0.495 bits per heavy atom. The molecule has 19 heteroatoms. The molecule has 3 N–H and O–H groups in total. The summed E-state index contributed by atoms with van der Waals surface area (Å²) in [6.45, 7) is 9.67. The summed E-state index contributed by atoms with van der Waals surface area (Å²) in [6.07, 6.45) is 58.0. The summed E-state index contributed by atoms with van der Waals surface area (Å²) in [6, 6.07) is 0. The summed E-state index contributed by atoms with van der Waals surface area (Å²) in [4.78, 5) is 72.9. The lowest BCUT2D eigenvalue weighted by atomic mass is 9.99. The van der Waals surface area contributed by atoms with Crippen LogP contribution >= 0.6 is 15.6 Å². The zero-order valence-corrected chi connectivity index (χ0v) is 65.2. The van der Waals surface area contributed by atoms with Gasteiger partial charge in [0.25, 0.3) is 0 Å². The van der Waals surface area contributed by atoms with E-state index in [2.05, 4.69) is 41.5 Å². The van der Waals surface area contributed by atoms with Crippen molar-refractivity contribution in [2.45, 2.75) is 426 Å². The first-order valence-electron chi connectivity index (χ1n) is 40.6. The van der Waals surface area contributed by atoms with E-state index in [1.807, 2.05) is 0 Å². The number of hydrogen-bond donors (Lipinski definition) is 3. The van der Waals surface area contributed by atoms with Crippen molar-refractivity contribution in [1.29, 1.82) is 0 Å². The van der Waals surface area contributed by atoms with Gasteiger partial charge in [-0.3, -0.25) is 37.3 Å². The highest BCUT2D eigenvalue weighted by molar-refractivity contribution is 7.47. The molecule has 17 nitrogen and oxygen atoms in total. The minimum atomic E-state index is -4.96. The van der Waals surface area contributed by atoms with Crippen molar-refractivity contribution in [1.82, 2.24) is 0 Å². The van der Waals surface area contributed by atoms with E-state index in [1.54, 1.807) is 0 Å². The van der Waals surface area contributed by atoms with E-state index in [-0.39, 0.29) is 25.7 Å². The molecule has 0 aliphatic rings. The molecule has 97 heavy (non-hydrogen) atoms. The number of hydrogen-bond acceptors (Lipinski definition) is 15. The maximum absolute atomic E-state index is 13.1. The fraction of sp³-hybridized carbons (Fsp3) is 0.949. The summed E-state index contributed by atoms with van der Waals surface area (Å²) < 4.78 is 68.7. The van der Waals surface area contributed by atoms with Crippen LogP contribution in [0.1, 0.15) is 408 Å². The van der Waals surface area contributed by atoms with Gasteiger partial charge in [0, 0.05) is 25.7 Å². The third kappa shape index (κ3) is 69.5. The summed E-state index contributed by atoms with van der Waals surface area (Å²) in [5, 5.41) is 10.6. The third-order valence-corrected chi connectivity index (χ3v) is 20.8. The second-order valence-electron chi connectivity index (χ2n) is 28.6. The van der Waals surface area contributed by atoms with E-state index in [9.17, 15) is 43.2 Å². The van der Waals surface area contributed by atoms with Gasteiger partial charge in [0.05, 0.1) is 26.4 Å². The van der Waals surface area contributed by atoms with Gasteiger partial charge < -0.3 is 33.8 Å². The van der Waals surface area contributed by atoms with Crippen LogP contribution < -0.4 is 0 Å². The molecule has 0 bridgehead atoms. The van der Waals surface area contributed by atoms with E-state index in [1.165, 1.54) is 225 Å². The van der Waals surface area contributed by atoms with Gasteiger partial charge in [-0.25, -0.2) is 9.13 Å². The number of unbranched alkanes of at least 4 members (excludes halogenated alkanes) is 45. The number of phosphoric acid groups is 2. The molecule has 0 saturated heterocycles. The molecule has 0 aromatic heterocycles. The van der Waals surface area contributed by atoms with Crippen LogP contribution in [0.15, 0.2) is 0 Å². The number of aliphatic hydroxyl groups is 1. The molecular weight excluding hydrogens is 1270 g/mol. The SMILES string of the molecule is CCCCCCCCCCCCCCCCCCCC(=O)O[C@H](COC(=O)CCCCCCCCCCCCC(C)CC)COP(=O)(O)OC[C@@H](O)COP(=O)(O)OC[C@@H](COC(=O)CCCCCCCCCCCCCC)OC(=O)CCCCCCCCCCCCC(C)CC. The lowest BCUT2D eigenvalue weighted by Crippen LogP contribution is -2.30. The molecule has 0 aromatic rings. The average Bonchev–Trinajstić information content (AvgIpc) is 1.73. The zero-order valence-electron chi connectivity index (χ0n) is 63.4. The van der Waals surface area contributed by atoms with E-state index in [4.69, 9.17) is 37.0 Å². The average molecular weight is 1420 g/mol. The van der Waals surface area contributed by atoms with Crippen LogP contribution in [-0.4, -0.2) is 96.7 Å². The second kappa shape index (κ2) is 69.8. The molecule has 0 fully saturated rings. The zero-order chi connectivity index (χ0) is 71.4. The molecule has 0 rings (SSSR count). The second-order valence-corrected chi connectivity index (χ2v) is 31.5. The van der Waals surface area contributed by atoms with Gasteiger partial charge >= 0.3 is 39.5 Å². The van der Waals surface area contributed by atoms with Crippen molar-refractivity contribution in [3.05, 3.63) is 0 Å². The normalized spacial score (nSPS) is 14.5. The van der Waals surface area contributed by atoms with Gasteiger partial charge in [0.1, 0.15) is 19.3 Å². The maximum Gasteiger partial charge on any atom is 0.472 e. The fourth-order valence-corrected chi connectivity index (χ4v) is 13.5. The van der Waals surface area contributed by atoms with E-state index < -0.39 is 97.5 Å². The first-order valence-corrected chi connectivity index (χ1v) is 43.6. The van der Waals surface area contributed by atoms with Crippen molar-refractivity contribution >= 4 is 39.5 Å². The number of aliphatic hydroxyl groups excluding tert-OH is 1. The van der Waals surface area contributed by atoms with Crippen LogP contribution in [0.3, 0.4) is 0 Å². The topological polar surface area (TPSA) is 237 Å². The highest BCUT2D eigenvalue weighted by Crippen LogP contribution is 2.45. The number of rotatable bonds is 77. The summed E-state index contributed by atoms with van der Waals surface area (Å²) in [5.74, 6) is -0.498. The first kappa shape index (κ1) is 95.1. The van der Waals surface area contributed by atoms with Gasteiger partial charge in [-0.05, 0) is 37.5 Å². The van der Waals surface area contributed by atoms with Crippen LogP contribution in [0.25, 0.3) is 0 Å². The molecule has 0 heterocycles. The quantitative estimate of drug-likeness (QED) is 0.0222. The highest BCUT2D eigenvalue weighted by Gasteiger charge is 2.30. The van der Waals surface area contributed by atoms with Crippen LogP contribution in [0.4, 0.5) is 0 Å². The van der Waals surface area contributed by atoms with Crippen LogP contribution in [0, 0.1) is 11.8 Å². The molecule has 0 radical (unpaired) electrons. The molecule has 7 atom stereocenters. The Hall–Kier alpha value is -1.94. The Morgan fingerprint density at radius 1 is 0.289 bits per heavy atom. The molecular formula is C78H152O17P2. The standard InChI is InChI=1S/C78H152O17P2/c1-7-11-13-15-17-19-21-23-24-25-26-27-29-38-44-50-56-62-77(82)94-73(67-89-76(81)61-55-49-43-37-32-30-34-40-46-52-58-70(5)9-3)68-92-96(84,85)90-64-72(79)65-91-97(86,87)93-69-74(66-88-75(80)60-54-48-42-36-28-22-20-18-16-14-12-8-2)95-78(83)63-57-51-45-39-33-31-35-41-47-53-59-71(6)10-4/h70-74,79H,7-69H2,1-6H3,(H,84,85)(H,86,87)/t70?,71?,72-,73-,74-/m1/s1. The Balaban J connectivity index is 5.27.